The van der Waals surface area contributed by atoms with Crippen LogP contribution in [0.3, 0.4) is 0 Å². The fraction of sp³-hybridized carbons (Fsp3) is 0.381. The van der Waals surface area contributed by atoms with E-state index in [9.17, 15) is 4.79 Å². The van der Waals surface area contributed by atoms with E-state index in [1.165, 1.54) is 0 Å². The first-order chi connectivity index (χ1) is 14.1. The smallest absolute Gasteiger partial charge is 0.258 e. The van der Waals surface area contributed by atoms with Crippen LogP contribution in [0.15, 0.2) is 42.9 Å². The number of carbonyl (C=O) groups is 1. The van der Waals surface area contributed by atoms with Gasteiger partial charge in [-0.15, -0.1) is 0 Å². The quantitative estimate of drug-likeness (QED) is 0.663. The van der Waals surface area contributed by atoms with E-state index in [2.05, 4.69) is 15.4 Å². The normalized spacial score (nSPS) is 16.1. The van der Waals surface area contributed by atoms with Gasteiger partial charge in [0, 0.05) is 38.2 Å². The molecule has 29 heavy (non-hydrogen) atoms. The molecule has 1 unspecified atom stereocenters. The maximum absolute atomic E-state index is 11.9. The zero-order valence-electron chi connectivity index (χ0n) is 16.7. The van der Waals surface area contributed by atoms with Crippen molar-refractivity contribution in [2.45, 2.75) is 25.9 Å². The Bertz CT molecular complexity index is 971. The van der Waals surface area contributed by atoms with Crippen molar-refractivity contribution in [3.8, 4) is 22.8 Å². The van der Waals surface area contributed by atoms with Crippen LogP contribution in [0.4, 0.5) is 0 Å². The van der Waals surface area contributed by atoms with Crippen molar-refractivity contribution in [1.82, 2.24) is 24.6 Å². The number of carbonyl (C=O) groups excluding carboxylic acids is 1. The molecule has 1 atom stereocenters. The monoisotopic (exact) mass is 395 g/mol. The van der Waals surface area contributed by atoms with Crippen LogP contribution in [0.5, 0.6) is 5.75 Å². The average molecular weight is 395 g/mol. The number of aromatic nitrogens is 4. The molecule has 0 spiro atoms. The topological polar surface area (TPSA) is 83.2 Å². The van der Waals surface area contributed by atoms with E-state index >= 15 is 0 Å². The molecule has 0 bridgehead atoms. The molecule has 0 aliphatic carbocycles. The first-order valence-corrected chi connectivity index (χ1v) is 9.75. The lowest BCUT2D eigenvalue weighted by Gasteiger charge is -2.12. The molecule has 1 fully saturated rings. The predicted molar refractivity (Wildman–Crippen MR) is 108 cm³/mol. The molecule has 3 aromatic rings. The first-order valence-electron chi connectivity index (χ1n) is 9.75. The van der Waals surface area contributed by atoms with Crippen molar-refractivity contribution in [3.05, 3.63) is 48.5 Å². The molecule has 3 heterocycles. The van der Waals surface area contributed by atoms with Crippen LogP contribution < -0.4 is 10.1 Å². The van der Waals surface area contributed by atoms with Gasteiger partial charge < -0.3 is 14.8 Å². The standard InChI is InChI=1S/C21H25N5O3/c1-15-19(13-24-25(15)2)26-10-9-22-21(26)16-5-7-17(8-6-16)29-14-20(27)23-12-18-4-3-11-28-18/h5-10,13,18H,3-4,11-12,14H2,1-2H3,(H,23,27). The number of rotatable bonds is 7. The Morgan fingerprint density at radius 3 is 2.86 bits per heavy atom. The predicted octanol–water partition coefficient (Wildman–Crippen LogP) is 2.26. The highest BCUT2D eigenvalue weighted by molar-refractivity contribution is 5.77. The lowest BCUT2D eigenvalue weighted by molar-refractivity contribution is -0.123. The molecule has 0 saturated carbocycles. The third-order valence-corrected chi connectivity index (χ3v) is 5.14. The third-order valence-electron chi connectivity index (χ3n) is 5.14. The molecule has 152 valence electrons. The molecule has 0 radical (unpaired) electrons. The largest absolute Gasteiger partial charge is 0.484 e. The maximum Gasteiger partial charge on any atom is 0.258 e. The highest BCUT2D eigenvalue weighted by Crippen LogP contribution is 2.25. The van der Waals surface area contributed by atoms with E-state index in [0.717, 1.165) is 42.2 Å². The van der Waals surface area contributed by atoms with Gasteiger partial charge in [-0.3, -0.25) is 14.0 Å². The first kappa shape index (κ1) is 19.2. The van der Waals surface area contributed by atoms with E-state index in [4.69, 9.17) is 9.47 Å². The van der Waals surface area contributed by atoms with Gasteiger partial charge in [-0.25, -0.2) is 4.98 Å². The van der Waals surface area contributed by atoms with Crippen LogP contribution in [0.2, 0.25) is 0 Å². The lowest BCUT2D eigenvalue weighted by Crippen LogP contribution is -2.35. The zero-order valence-corrected chi connectivity index (χ0v) is 16.7. The van der Waals surface area contributed by atoms with E-state index in [0.29, 0.717) is 12.3 Å². The van der Waals surface area contributed by atoms with Crippen LogP contribution in [0.25, 0.3) is 17.1 Å². The molecular weight excluding hydrogens is 370 g/mol. The highest BCUT2D eigenvalue weighted by Gasteiger charge is 2.16. The molecule has 8 nitrogen and oxygen atoms in total. The minimum atomic E-state index is -0.146. The number of imidazole rings is 1. The summed E-state index contributed by atoms with van der Waals surface area (Å²) < 4.78 is 14.9. The number of aryl methyl sites for hydroxylation is 1. The van der Waals surface area contributed by atoms with Gasteiger partial charge in [0.15, 0.2) is 6.61 Å². The van der Waals surface area contributed by atoms with E-state index in [1.54, 1.807) is 6.20 Å². The molecule has 1 N–H and O–H groups in total. The molecule has 4 rings (SSSR count). The summed E-state index contributed by atoms with van der Waals surface area (Å²) in [4.78, 5) is 16.4. The number of hydrogen-bond donors (Lipinski definition) is 1. The van der Waals surface area contributed by atoms with Crippen molar-refractivity contribution in [2.24, 2.45) is 7.05 Å². The number of nitrogens with one attached hydrogen (secondary N) is 1. The Kier molecular flexibility index (Phi) is 5.62. The number of ether oxygens (including phenoxy) is 2. The second kappa shape index (κ2) is 8.48. The van der Waals surface area contributed by atoms with E-state index in [-0.39, 0.29) is 18.6 Å². The average Bonchev–Trinajstić information content (AvgIpc) is 3.48. The van der Waals surface area contributed by atoms with Crippen molar-refractivity contribution in [1.29, 1.82) is 0 Å². The van der Waals surface area contributed by atoms with Crippen LogP contribution in [0, 0.1) is 6.92 Å². The highest BCUT2D eigenvalue weighted by atomic mass is 16.5. The Hall–Kier alpha value is -3.13. The minimum absolute atomic E-state index is 0.0183. The summed E-state index contributed by atoms with van der Waals surface area (Å²) in [5, 5.41) is 7.16. The van der Waals surface area contributed by atoms with Crippen molar-refractivity contribution in [3.63, 3.8) is 0 Å². The Labute approximate surface area is 169 Å². The van der Waals surface area contributed by atoms with Gasteiger partial charge >= 0.3 is 0 Å². The third kappa shape index (κ3) is 4.32. The van der Waals surface area contributed by atoms with Gasteiger partial charge in [-0.05, 0) is 44.0 Å². The van der Waals surface area contributed by atoms with Gasteiger partial charge in [0.25, 0.3) is 5.91 Å². The molecular formula is C21H25N5O3. The molecule has 1 saturated heterocycles. The summed E-state index contributed by atoms with van der Waals surface area (Å²) in [7, 11) is 1.92. The number of nitrogens with zero attached hydrogens (tertiary/aromatic N) is 4. The molecule has 8 heteroatoms. The van der Waals surface area contributed by atoms with Crippen LogP contribution >= 0.6 is 0 Å². The minimum Gasteiger partial charge on any atom is -0.484 e. The summed E-state index contributed by atoms with van der Waals surface area (Å²) in [5.74, 6) is 1.31. The lowest BCUT2D eigenvalue weighted by atomic mass is 10.2. The van der Waals surface area contributed by atoms with Crippen molar-refractivity contribution in [2.75, 3.05) is 19.8 Å². The summed E-state index contributed by atoms with van der Waals surface area (Å²) in [5.41, 5.74) is 3.00. The molecule has 1 amide bonds. The Morgan fingerprint density at radius 1 is 1.34 bits per heavy atom. The summed E-state index contributed by atoms with van der Waals surface area (Å²) in [6.07, 6.45) is 7.70. The molecule has 1 aliphatic rings. The Balaban J connectivity index is 1.37. The van der Waals surface area contributed by atoms with Crippen LogP contribution in [-0.4, -0.2) is 51.1 Å². The second-order valence-electron chi connectivity index (χ2n) is 7.11. The molecule has 1 aliphatic heterocycles. The number of hydrogen-bond acceptors (Lipinski definition) is 5. The van der Waals surface area contributed by atoms with Gasteiger partial charge in [-0.2, -0.15) is 5.10 Å². The molecule has 1 aromatic carbocycles. The van der Waals surface area contributed by atoms with Crippen molar-refractivity contribution >= 4 is 5.91 Å². The SMILES string of the molecule is Cc1c(-n2ccnc2-c2ccc(OCC(=O)NCC3CCCO3)cc2)cnn1C. The van der Waals surface area contributed by atoms with Crippen LogP contribution in [0.1, 0.15) is 18.5 Å². The van der Waals surface area contributed by atoms with E-state index < -0.39 is 0 Å². The number of amides is 1. The second-order valence-corrected chi connectivity index (χ2v) is 7.11. The molecule has 2 aromatic heterocycles. The fourth-order valence-electron chi connectivity index (χ4n) is 3.37. The van der Waals surface area contributed by atoms with Crippen LogP contribution in [-0.2, 0) is 16.6 Å². The Morgan fingerprint density at radius 2 is 2.17 bits per heavy atom. The fourth-order valence-corrected chi connectivity index (χ4v) is 3.37. The number of benzene rings is 1. The zero-order chi connectivity index (χ0) is 20.2. The summed E-state index contributed by atoms with van der Waals surface area (Å²) in [6, 6.07) is 7.56. The van der Waals surface area contributed by atoms with Gasteiger partial charge in [0.2, 0.25) is 0 Å². The van der Waals surface area contributed by atoms with Gasteiger partial charge in [0.1, 0.15) is 11.6 Å². The maximum atomic E-state index is 11.9. The summed E-state index contributed by atoms with van der Waals surface area (Å²) in [6.45, 7) is 3.32. The van der Waals surface area contributed by atoms with Gasteiger partial charge in [-0.1, -0.05) is 0 Å². The summed E-state index contributed by atoms with van der Waals surface area (Å²) >= 11 is 0. The van der Waals surface area contributed by atoms with Gasteiger partial charge in [0.05, 0.1) is 23.7 Å². The van der Waals surface area contributed by atoms with E-state index in [1.807, 2.05) is 59.9 Å². The van der Waals surface area contributed by atoms with Crippen molar-refractivity contribution < 1.29 is 14.3 Å².